The van der Waals surface area contributed by atoms with Crippen LogP contribution in [0.5, 0.6) is 0 Å². The number of aliphatic carboxylic acids is 1. The third-order valence-electron chi connectivity index (χ3n) is 2.94. The Morgan fingerprint density at radius 3 is 2.43 bits per heavy atom. The van der Waals surface area contributed by atoms with Crippen LogP contribution in [0.1, 0.15) is 17.2 Å². The third-order valence-corrected chi connectivity index (χ3v) is 2.94. The lowest BCUT2D eigenvalue weighted by atomic mass is 10.1. The Kier molecular flexibility index (Phi) is 4.66. The summed E-state index contributed by atoms with van der Waals surface area (Å²) in [5, 5.41) is 11.7. The Labute approximate surface area is 121 Å². The normalized spacial score (nSPS) is 11.7. The van der Waals surface area contributed by atoms with Crippen LogP contribution in [0.25, 0.3) is 0 Å². The molecule has 1 amide bonds. The van der Waals surface area contributed by atoms with E-state index in [0.717, 1.165) is 0 Å². The highest BCUT2D eigenvalue weighted by molar-refractivity contribution is 5.85. The molecule has 0 heterocycles. The van der Waals surface area contributed by atoms with Gasteiger partial charge in [-0.15, -0.1) is 0 Å². The van der Waals surface area contributed by atoms with E-state index >= 15 is 0 Å². The number of nitrogens with one attached hydrogen (secondary N) is 1. The number of carboxylic acid groups (broad SMARTS) is 1. The summed E-state index contributed by atoms with van der Waals surface area (Å²) in [5.74, 6) is -2.05. The van der Waals surface area contributed by atoms with Gasteiger partial charge in [0.1, 0.15) is 5.82 Å². The summed E-state index contributed by atoms with van der Waals surface area (Å²) >= 11 is 0. The van der Waals surface area contributed by atoms with Gasteiger partial charge in [-0.3, -0.25) is 4.79 Å². The van der Waals surface area contributed by atoms with E-state index in [1.807, 2.05) is 0 Å². The number of benzene rings is 2. The van der Waals surface area contributed by atoms with Crippen LogP contribution >= 0.6 is 0 Å². The second-order valence-corrected chi connectivity index (χ2v) is 4.56. The predicted octanol–water partition coefficient (Wildman–Crippen LogP) is 2.31. The molecule has 0 saturated heterocycles. The summed E-state index contributed by atoms with van der Waals surface area (Å²) in [5.41, 5.74) is 0.974. The number of carboxylic acids is 1. The topological polar surface area (TPSA) is 66.4 Å². The molecule has 0 unspecified atom stereocenters. The van der Waals surface area contributed by atoms with Gasteiger partial charge >= 0.3 is 5.97 Å². The number of amides is 1. The van der Waals surface area contributed by atoms with E-state index in [2.05, 4.69) is 5.32 Å². The molecule has 0 spiro atoms. The summed E-state index contributed by atoms with van der Waals surface area (Å²) in [6.45, 7) is 0. The molecule has 0 aliphatic carbocycles. The van der Waals surface area contributed by atoms with Crippen LogP contribution in [0.3, 0.4) is 0 Å². The summed E-state index contributed by atoms with van der Waals surface area (Å²) in [7, 11) is 0. The Hall–Kier alpha value is -2.69. The molecule has 0 saturated carbocycles. The minimum atomic E-state index is -1.14. The number of carbonyl (C=O) groups is 2. The highest BCUT2D eigenvalue weighted by atomic mass is 19.1. The standard InChI is InChI=1S/C16H14FNO3/c17-13-8-4-5-11(9-13)10-14(19)18-15(16(20)21)12-6-2-1-3-7-12/h1-9,15H,10H2,(H,18,19)(H,20,21)/t15-/m0/s1. The number of rotatable bonds is 5. The summed E-state index contributed by atoms with van der Waals surface area (Å²) in [6, 6.07) is 12.9. The van der Waals surface area contributed by atoms with Gasteiger partial charge in [0.25, 0.3) is 0 Å². The van der Waals surface area contributed by atoms with Crippen molar-refractivity contribution in [2.75, 3.05) is 0 Å². The van der Waals surface area contributed by atoms with Crippen LogP contribution in [-0.4, -0.2) is 17.0 Å². The lowest BCUT2D eigenvalue weighted by Gasteiger charge is -2.15. The minimum absolute atomic E-state index is 0.0750. The van der Waals surface area contributed by atoms with Crippen LogP contribution in [0.4, 0.5) is 4.39 Å². The molecule has 108 valence electrons. The quantitative estimate of drug-likeness (QED) is 0.887. The number of hydrogen-bond acceptors (Lipinski definition) is 2. The summed E-state index contributed by atoms with van der Waals surface area (Å²) in [4.78, 5) is 23.2. The second kappa shape index (κ2) is 6.65. The Morgan fingerprint density at radius 2 is 1.81 bits per heavy atom. The Balaban J connectivity index is 2.07. The maximum atomic E-state index is 13.0. The molecular formula is C16H14FNO3. The van der Waals surface area contributed by atoms with Crippen LogP contribution in [0, 0.1) is 5.82 Å². The van der Waals surface area contributed by atoms with Gasteiger partial charge in [0.15, 0.2) is 6.04 Å². The smallest absolute Gasteiger partial charge is 0.330 e. The van der Waals surface area contributed by atoms with Gasteiger partial charge in [0.2, 0.25) is 5.91 Å². The van der Waals surface area contributed by atoms with Crippen molar-refractivity contribution in [3.8, 4) is 0 Å². The maximum Gasteiger partial charge on any atom is 0.330 e. The van der Waals surface area contributed by atoms with E-state index in [-0.39, 0.29) is 6.42 Å². The highest BCUT2D eigenvalue weighted by Crippen LogP contribution is 2.13. The van der Waals surface area contributed by atoms with Crippen molar-refractivity contribution in [3.63, 3.8) is 0 Å². The summed E-state index contributed by atoms with van der Waals surface area (Å²) in [6.07, 6.45) is -0.0750. The first kappa shape index (κ1) is 14.7. The average molecular weight is 287 g/mol. The molecule has 2 N–H and O–H groups in total. The van der Waals surface area contributed by atoms with E-state index in [1.165, 1.54) is 18.2 Å². The molecule has 2 aromatic carbocycles. The fraction of sp³-hybridized carbons (Fsp3) is 0.125. The van der Waals surface area contributed by atoms with E-state index in [1.54, 1.807) is 36.4 Å². The van der Waals surface area contributed by atoms with E-state index in [4.69, 9.17) is 0 Å². The molecule has 0 bridgehead atoms. The molecule has 1 atom stereocenters. The van der Waals surface area contributed by atoms with E-state index < -0.39 is 23.7 Å². The molecule has 21 heavy (non-hydrogen) atoms. The molecular weight excluding hydrogens is 273 g/mol. The predicted molar refractivity (Wildman–Crippen MR) is 75.1 cm³/mol. The zero-order chi connectivity index (χ0) is 15.2. The van der Waals surface area contributed by atoms with Crippen LogP contribution in [0.2, 0.25) is 0 Å². The first-order valence-electron chi connectivity index (χ1n) is 6.38. The van der Waals surface area contributed by atoms with Crippen molar-refractivity contribution < 1.29 is 19.1 Å². The van der Waals surface area contributed by atoms with Gasteiger partial charge < -0.3 is 10.4 Å². The number of hydrogen-bond donors (Lipinski definition) is 2. The van der Waals surface area contributed by atoms with Crippen LogP contribution in [0.15, 0.2) is 54.6 Å². The fourth-order valence-corrected chi connectivity index (χ4v) is 1.98. The summed E-state index contributed by atoms with van der Waals surface area (Å²) < 4.78 is 13.0. The van der Waals surface area contributed by atoms with Gasteiger partial charge in [-0.25, -0.2) is 9.18 Å². The van der Waals surface area contributed by atoms with Crippen molar-refractivity contribution in [2.24, 2.45) is 0 Å². The van der Waals surface area contributed by atoms with Crippen molar-refractivity contribution in [2.45, 2.75) is 12.5 Å². The molecule has 0 aliphatic rings. The third kappa shape index (κ3) is 4.14. The van der Waals surface area contributed by atoms with Crippen molar-refractivity contribution in [1.29, 1.82) is 0 Å². The minimum Gasteiger partial charge on any atom is -0.479 e. The largest absolute Gasteiger partial charge is 0.479 e. The van der Waals surface area contributed by atoms with Crippen LogP contribution < -0.4 is 5.32 Å². The van der Waals surface area contributed by atoms with E-state index in [0.29, 0.717) is 11.1 Å². The molecule has 5 heteroatoms. The first-order chi connectivity index (χ1) is 10.1. The molecule has 0 aliphatic heterocycles. The van der Waals surface area contributed by atoms with Gasteiger partial charge in [-0.2, -0.15) is 0 Å². The van der Waals surface area contributed by atoms with Crippen molar-refractivity contribution in [1.82, 2.24) is 5.32 Å². The van der Waals surface area contributed by atoms with E-state index in [9.17, 15) is 19.1 Å². The molecule has 2 rings (SSSR count). The maximum absolute atomic E-state index is 13.0. The fourth-order valence-electron chi connectivity index (χ4n) is 1.98. The van der Waals surface area contributed by atoms with Crippen LogP contribution in [-0.2, 0) is 16.0 Å². The first-order valence-corrected chi connectivity index (χ1v) is 6.38. The Bertz CT molecular complexity index is 643. The molecule has 0 aromatic heterocycles. The lowest BCUT2D eigenvalue weighted by Crippen LogP contribution is -2.34. The molecule has 0 fully saturated rings. The SMILES string of the molecule is O=C(Cc1cccc(F)c1)N[C@H](C(=O)O)c1ccccc1. The monoisotopic (exact) mass is 287 g/mol. The zero-order valence-electron chi connectivity index (χ0n) is 11.1. The van der Waals surface area contributed by atoms with Crippen molar-refractivity contribution >= 4 is 11.9 Å². The molecule has 2 aromatic rings. The van der Waals surface area contributed by atoms with Gasteiger partial charge in [0, 0.05) is 0 Å². The average Bonchev–Trinajstić information content (AvgIpc) is 2.45. The number of carbonyl (C=O) groups excluding carboxylic acids is 1. The van der Waals surface area contributed by atoms with Crippen molar-refractivity contribution in [3.05, 3.63) is 71.5 Å². The van der Waals surface area contributed by atoms with Gasteiger partial charge in [-0.1, -0.05) is 42.5 Å². The lowest BCUT2D eigenvalue weighted by molar-refractivity contribution is -0.141. The number of halogens is 1. The zero-order valence-corrected chi connectivity index (χ0v) is 11.1. The highest BCUT2D eigenvalue weighted by Gasteiger charge is 2.21. The van der Waals surface area contributed by atoms with Gasteiger partial charge in [0.05, 0.1) is 6.42 Å². The second-order valence-electron chi connectivity index (χ2n) is 4.56. The van der Waals surface area contributed by atoms with Gasteiger partial charge in [-0.05, 0) is 23.3 Å². The Morgan fingerprint density at radius 1 is 1.10 bits per heavy atom. The molecule has 4 nitrogen and oxygen atoms in total. The molecule has 0 radical (unpaired) electrons.